The van der Waals surface area contributed by atoms with Crippen LogP contribution in [0.4, 0.5) is 0 Å². The highest BCUT2D eigenvalue weighted by Gasteiger charge is 2.25. The third kappa shape index (κ3) is 2.80. The second-order valence-electron chi connectivity index (χ2n) is 4.28. The standard InChI is InChI=1S/C10H20N4S/c1-2-14-5-3-4-9(14)6-13-7-11-10(15)12-8-13/h9H,2-8H2,1H3,(H2,11,12,15)/t9-/m0/s1. The SMILES string of the molecule is CCN1CCC[C@H]1CN1CNC(=S)NC1. The van der Waals surface area contributed by atoms with Gasteiger partial charge < -0.3 is 10.6 Å². The van der Waals surface area contributed by atoms with Crippen LogP contribution in [-0.4, -0.2) is 53.9 Å². The van der Waals surface area contributed by atoms with Crippen LogP contribution in [-0.2, 0) is 0 Å². The summed E-state index contributed by atoms with van der Waals surface area (Å²) in [5.74, 6) is 0. The van der Waals surface area contributed by atoms with Crippen LogP contribution in [0.2, 0.25) is 0 Å². The van der Waals surface area contributed by atoms with Gasteiger partial charge in [-0.25, -0.2) is 0 Å². The first-order valence-electron chi connectivity index (χ1n) is 5.77. The number of likely N-dealkylation sites (N-methyl/N-ethyl adjacent to an activating group) is 1. The highest BCUT2D eigenvalue weighted by atomic mass is 32.1. The lowest BCUT2D eigenvalue weighted by molar-refractivity contribution is 0.163. The lowest BCUT2D eigenvalue weighted by atomic mass is 10.2. The summed E-state index contributed by atoms with van der Waals surface area (Å²) in [4.78, 5) is 4.96. The van der Waals surface area contributed by atoms with Crippen molar-refractivity contribution in [1.29, 1.82) is 0 Å². The molecule has 15 heavy (non-hydrogen) atoms. The zero-order valence-corrected chi connectivity index (χ0v) is 10.1. The Morgan fingerprint density at radius 2 is 2.13 bits per heavy atom. The zero-order chi connectivity index (χ0) is 10.7. The van der Waals surface area contributed by atoms with Gasteiger partial charge in [0.2, 0.25) is 0 Å². The Morgan fingerprint density at radius 1 is 1.40 bits per heavy atom. The van der Waals surface area contributed by atoms with Gasteiger partial charge in [0.1, 0.15) is 0 Å². The fraction of sp³-hybridized carbons (Fsp3) is 0.900. The van der Waals surface area contributed by atoms with Crippen LogP contribution in [0.25, 0.3) is 0 Å². The predicted molar refractivity (Wildman–Crippen MR) is 65.6 cm³/mol. The molecule has 0 saturated carbocycles. The van der Waals surface area contributed by atoms with E-state index in [9.17, 15) is 0 Å². The fourth-order valence-electron chi connectivity index (χ4n) is 2.43. The molecule has 0 aliphatic carbocycles. The van der Waals surface area contributed by atoms with Crippen LogP contribution < -0.4 is 10.6 Å². The predicted octanol–water partition coefficient (Wildman–Crippen LogP) is 0.165. The highest BCUT2D eigenvalue weighted by Crippen LogP contribution is 2.17. The smallest absolute Gasteiger partial charge is 0.168 e. The van der Waals surface area contributed by atoms with Crippen molar-refractivity contribution in [2.24, 2.45) is 0 Å². The van der Waals surface area contributed by atoms with E-state index in [1.165, 1.54) is 25.9 Å². The van der Waals surface area contributed by atoms with Crippen LogP contribution in [0.1, 0.15) is 19.8 Å². The van der Waals surface area contributed by atoms with Crippen LogP contribution in [0.5, 0.6) is 0 Å². The van der Waals surface area contributed by atoms with E-state index in [0.29, 0.717) is 0 Å². The minimum atomic E-state index is 0.741. The lowest BCUT2D eigenvalue weighted by Crippen LogP contribution is -2.56. The summed E-state index contributed by atoms with van der Waals surface area (Å²) in [5.41, 5.74) is 0. The van der Waals surface area contributed by atoms with Gasteiger partial charge in [-0.15, -0.1) is 0 Å². The molecule has 0 aromatic heterocycles. The second-order valence-corrected chi connectivity index (χ2v) is 4.69. The van der Waals surface area contributed by atoms with E-state index in [2.05, 4.69) is 27.4 Å². The number of thiocarbonyl (C=S) groups is 1. The molecule has 2 rings (SSSR count). The van der Waals surface area contributed by atoms with Gasteiger partial charge in [-0.3, -0.25) is 9.80 Å². The van der Waals surface area contributed by atoms with Crippen molar-refractivity contribution in [2.45, 2.75) is 25.8 Å². The summed E-state index contributed by atoms with van der Waals surface area (Å²) in [5, 5.41) is 7.12. The minimum Gasteiger partial charge on any atom is -0.350 e. The third-order valence-corrected chi connectivity index (χ3v) is 3.59. The van der Waals surface area contributed by atoms with Crippen LogP contribution in [0.3, 0.4) is 0 Å². The second kappa shape index (κ2) is 5.09. The molecule has 2 heterocycles. The molecule has 5 heteroatoms. The molecule has 4 nitrogen and oxygen atoms in total. The Hall–Kier alpha value is -0.390. The van der Waals surface area contributed by atoms with Crippen molar-refractivity contribution in [2.75, 3.05) is 33.0 Å². The molecule has 2 aliphatic rings. The minimum absolute atomic E-state index is 0.741. The first-order valence-corrected chi connectivity index (χ1v) is 6.18. The number of likely N-dealkylation sites (tertiary alicyclic amines) is 1. The molecule has 0 amide bonds. The largest absolute Gasteiger partial charge is 0.350 e. The van der Waals surface area contributed by atoms with Gasteiger partial charge in [0.25, 0.3) is 0 Å². The first kappa shape index (κ1) is 11.1. The van der Waals surface area contributed by atoms with Crippen molar-refractivity contribution in [3.05, 3.63) is 0 Å². The molecular weight excluding hydrogens is 208 g/mol. The van der Waals surface area contributed by atoms with Crippen molar-refractivity contribution in [3.8, 4) is 0 Å². The molecule has 1 atom stereocenters. The zero-order valence-electron chi connectivity index (χ0n) is 9.33. The first-order chi connectivity index (χ1) is 7.29. The van der Waals surface area contributed by atoms with E-state index in [0.717, 1.165) is 31.0 Å². The molecule has 0 aromatic carbocycles. The normalized spacial score (nSPS) is 28.9. The number of hydrogen-bond acceptors (Lipinski definition) is 3. The average Bonchev–Trinajstić information content (AvgIpc) is 2.69. The number of hydrogen-bond donors (Lipinski definition) is 2. The van der Waals surface area contributed by atoms with E-state index in [-0.39, 0.29) is 0 Å². The number of rotatable bonds is 3. The van der Waals surface area contributed by atoms with Gasteiger partial charge >= 0.3 is 0 Å². The van der Waals surface area contributed by atoms with Crippen LogP contribution in [0.15, 0.2) is 0 Å². The molecule has 0 spiro atoms. The van der Waals surface area contributed by atoms with Gasteiger partial charge in [0, 0.05) is 12.6 Å². The maximum absolute atomic E-state index is 5.03. The Balaban J connectivity index is 1.78. The van der Waals surface area contributed by atoms with Crippen molar-refractivity contribution in [1.82, 2.24) is 20.4 Å². The monoisotopic (exact) mass is 228 g/mol. The Kier molecular flexibility index (Phi) is 3.77. The van der Waals surface area contributed by atoms with Crippen molar-refractivity contribution in [3.63, 3.8) is 0 Å². The fourth-order valence-corrected chi connectivity index (χ4v) is 2.56. The number of nitrogens with one attached hydrogen (secondary N) is 2. The van der Waals surface area contributed by atoms with E-state index < -0.39 is 0 Å². The molecule has 0 unspecified atom stereocenters. The van der Waals surface area contributed by atoms with Gasteiger partial charge in [-0.05, 0) is 38.1 Å². The molecule has 2 aliphatic heterocycles. The number of nitrogens with zero attached hydrogens (tertiary/aromatic N) is 2. The molecule has 2 saturated heterocycles. The lowest BCUT2D eigenvalue weighted by Gasteiger charge is -2.33. The highest BCUT2D eigenvalue weighted by molar-refractivity contribution is 7.80. The molecule has 2 N–H and O–H groups in total. The van der Waals surface area contributed by atoms with Gasteiger partial charge in [0.05, 0.1) is 13.3 Å². The van der Waals surface area contributed by atoms with E-state index >= 15 is 0 Å². The maximum Gasteiger partial charge on any atom is 0.168 e. The van der Waals surface area contributed by atoms with E-state index in [1.54, 1.807) is 0 Å². The van der Waals surface area contributed by atoms with Crippen LogP contribution in [0, 0.1) is 0 Å². The summed E-state index contributed by atoms with van der Waals surface area (Å²) < 4.78 is 0. The van der Waals surface area contributed by atoms with Crippen LogP contribution >= 0.6 is 12.2 Å². The van der Waals surface area contributed by atoms with Crippen molar-refractivity contribution < 1.29 is 0 Å². The quantitative estimate of drug-likeness (QED) is 0.672. The molecule has 0 radical (unpaired) electrons. The van der Waals surface area contributed by atoms with Gasteiger partial charge in [-0.1, -0.05) is 6.92 Å². The molecule has 2 fully saturated rings. The van der Waals surface area contributed by atoms with E-state index in [1.807, 2.05) is 0 Å². The summed E-state index contributed by atoms with van der Waals surface area (Å²) in [6.45, 7) is 7.63. The summed E-state index contributed by atoms with van der Waals surface area (Å²) >= 11 is 5.03. The Labute approximate surface area is 97.0 Å². The summed E-state index contributed by atoms with van der Waals surface area (Å²) in [6, 6.07) is 0.741. The molecule has 0 aromatic rings. The van der Waals surface area contributed by atoms with Gasteiger partial charge in [-0.2, -0.15) is 0 Å². The molecule has 86 valence electrons. The molecular formula is C10H20N4S. The topological polar surface area (TPSA) is 30.5 Å². The summed E-state index contributed by atoms with van der Waals surface area (Å²) in [6.07, 6.45) is 2.69. The van der Waals surface area contributed by atoms with Gasteiger partial charge in [0.15, 0.2) is 5.11 Å². The maximum atomic E-state index is 5.03. The Morgan fingerprint density at radius 3 is 2.80 bits per heavy atom. The van der Waals surface area contributed by atoms with Crippen molar-refractivity contribution >= 4 is 17.3 Å². The average molecular weight is 228 g/mol. The van der Waals surface area contributed by atoms with E-state index in [4.69, 9.17) is 12.2 Å². The third-order valence-electron chi connectivity index (χ3n) is 3.30. The summed E-state index contributed by atoms with van der Waals surface area (Å²) in [7, 11) is 0. The Bertz CT molecular complexity index is 223. The molecule has 0 bridgehead atoms.